The summed E-state index contributed by atoms with van der Waals surface area (Å²) in [5.74, 6) is -0.535. The normalized spacial score (nSPS) is 30.0. The van der Waals surface area contributed by atoms with Gasteiger partial charge in [0.2, 0.25) is 0 Å². The van der Waals surface area contributed by atoms with Crippen LogP contribution in [0.4, 0.5) is 0 Å². The van der Waals surface area contributed by atoms with Crippen molar-refractivity contribution in [1.29, 1.82) is 0 Å². The SMILES string of the molecule is CCOC(=O)c1ccc(C2CCC3(CC2)CC3C(=O)O)cc1. The first kappa shape index (κ1) is 15.1. The zero-order valence-electron chi connectivity index (χ0n) is 12.9. The molecule has 2 saturated carbocycles. The molecule has 1 unspecified atom stereocenters. The quantitative estimate of drug-likeness (QED) is 0.863. The van der Waals surface area contributed by atoms with Crippen molar-refractivity contribution in [2.24, 2.45) is 11.3 Å². The molecule has 0 aliphatic heterocycles. The van der Waals surface area contributed by atoms with Crippen molar-refractivity contribution in [3.63, 3.8) is 0 Å². The van der Waals surface area contributed by atoms with Crippen LogP contribution in [-0.2, 0) is 9.53 Å². The van der Waals surface area contributed by atoms with E-state index in [-0.39, 0.29) is 17.3 Å². The average molecular weight is 302 g/mol. The number of ether oxygens (including phenoxy) is 1. The van der Waals surface area contributed by atoms with Crippen molar-refractivity contribution in [3.8, 4) is 0 Å². The first-order valence-electron chi connectivity index (χ1n) is 8.05. The molecule has 2 aliphatic carbocycles. The van der Waals surface area contributed by atoms with Crippen molar-refractivity contribution in [2.75, 3.05) is 6.61 Å². The van der Waals surface area contributed by atoms with Gasteiger partial charge >= 0.3 is 11.9 Å². The van der Waals surface area contributed by atoms with Crippen LogP contribution in [0.25, 0.3) is 0 Å². The Hall–Kier alpha value is -1.84. The smallest absolute Gasteiger partial charge is 0.338 e. The molecule has 1 aromatic carbocycles. The highest BCUT2D eigenvalue weighted by atomic mass is 16.5. The molecule has 4 nitrogen and oxygen atoms in total. The molecule has 0 amide bonds. The van der Waals surface area contributed by atoms with E-state index < -0.39 is 5.97 Å². The molecule has 0 radical (unpaired) electrons. The highest BCUT2D eigenvalue weighted by Gasteiger charge is 2.58. The number of carbonyl (C=O) groups is 2. The molecule has 0 heterocycles. The third-order valence-corrected chi connectivity index (χ3v) is 5.36. The van der Waals surface area contributed by atoms with Crippen molar-refractivity contribution in [1.82, 2.24) is 0 Å². The van der Waals surface area contributed by atoms with Gasteiger partial charge < -0.3 is 9.84 Å². The van der Waals surface area contributed by atoms with E-state index in [2.05, 4.69) is 0 Å². The van der Waals surface area contributed by atoms with Crippen molar-refractivity contribution in [2.45, 2.75) is 44.9 Å². The van der Waals surface area contributed by atoms with Crippen LogP contribution in [-0.4, -0.2) is 23.7 Å². The maximum atomic E-state index is 11.6. The Morgan fingerprint density at radius 2 is 1.86 bits per heavy atom. The van der Waals surface area contributed by atoms with Gasteiger partial charge in [-0.05, 0) is 68.1 Å². The van der Waals surface area contributed by atoms with Crippen LogP contribution in [0, 0.1) is 11.3 Å². The minimum Gasteiger partial charge on any atom is -0.481 e. The maximum Gasteiger partial charge on any atom is 0.338 e. The van der Waals surface area contributed by atoms with Gasteiger partial charge in [0.05, 0.1) is 18.1 Å². The lowest BCUT2D eigenvalue weighted by Crippen LogP contribution is -2.18. The van der Waals surface area contributed by atoms with E-state index in [4.69, 9.17) is 9.84 Å². The monoisotopic (exact) mass is 302 g/mol. The minimum absolute atomic E-state index is 0.0905. The van der Waals surface area contributed by atoms with Gasteiger partial charge in [-0.3, -0.25) is 4.79 Å². The molecule has 0 bridgehead atoms. The van der Waals surface area contributed by atoms with Crippen molar-refractivity contribution >= 4 is 11.9 Å². The van der Waals surface area contributed by atoms with Crippen LogP contribution in [0.15, 0.2) is 24.3 Å². The summed E-state index contributed by atoms with van der Waals surface area (Å²) in [6.07, 6.45) is 4.96. The Balaban J connectivity index is 1.60. The summed E-state index contributed by atoms with van der Waals surface area (Å²) < 4.78 is 4.99. The van der Waals surface area contributed by atoms with Crippen LogP contribution in [0.3, 0.4) is 0 Å². The predicted molar refractivity (Wildman–Crippen MR) is 81.8 cm³/mol. The second-order valence-corrected chi connectivity index (χ2v) is 6.57. The standard InChI is InChI=1S/C18H22O4/c1-2-22-17(21)14-5-3-12(4-6-14)13-7-9-18(10-8-13)11-15(18)16(19)20/h3-6,13,15H,2,7-11H2,1H3,(H,19,20). The van der Waals surface area contributed by atoms with Crippen LogP contribution in [0.5, 0.6) is 0 Å². The third kappa shape index (κ3) is 2.74. The highest BCUT2D eigenvalue weighted by molar-refractivity contribution is 5.89. The fraction of sp³-hybridized carbons (Fsp3) is 0.556. The topological polar surface area (TPSA) is 63.6 Å². The number of hydrogen-bond donors (Lipinski definition) is 1. The fourth-order valence-electron chi connectivity index (χ4n) is 3.88. The Morgan fingerprint density at radius 1 is 1.23 bits per heavy atom. The van der Waals surface area contributed by atoms with E-state index in [1.807, 2.05) is 24.3 Å². The van der Waals surface area contributed by atoms with E-state index in [0.717, 1.165) is 32.1 Å². The molecular weight excluding hydrogens is 280 g/mol. The van der Waals surface area contributed by atoms with Gasteiger partial charge in [0.1, 0.15) is 0 Å². The molecule has 1 spiro atoms. The largest absolute Gasteiger partial charge is 0.481 e. The van der Waals surface area contributed by atoms with E-state index in [1.165, 1.54) is 5.56 Å². The van der Waals surface area contributed by atoms with E-state index >= 15 is 0 Å². The Kier molecular flexibility index (Phi) is 3.94. The van der Waals surface area contributed by atoms with Crippen molar-refractivity contribution in [3.05, 3.63) is 35.4 Å². The number of rotatable bonds is 4. The van der Waals surface area contributed by atoms with Crippen LogP contribution < -0.4 is 0 Å². The van der Waals surface area contributed by atoms with Gasteiger partial charge in [-0.2, -0.15) is 0 Å². The maximum absolute atomic E-state index is 11.6. The van der Waals surface area contributed by atoms with Gasteiger partial charge in [0, 0.05) is 0 Å². The lowest BCUT2D eigenvalue weighted by atomic mass is 9.75. The van der Waals surface area contributed by atoms with Gasteiger partial charge in [0.15, 0.2) is 0 Å². The van der Waals surface area contributed by atoms with E-state index in [1.54, 1.807) is 6.92 Å². The molecule has 3 rings (SSSR count). The number of carbonyl (C=O) groups excluding carboxylic acids is 1. The number of hydrogen-bond acceptors (Lipinski definition) is 3. The molecular formula is C18H22O4. The molecule has 0 saturated heterocycles. The van der Waals surface area contributed by atoms with E-state index in [9.17, 15) is 9.59 Å². The lowest BCUT2D eigenvalue weighted by molar-refractivity contribution is -0.139. The summed E-state index contributed by atoms with van der Waals surface area (Å²) in [4.78, 5) is 22.7. The zero-order chi connectivity index (χ0) is 15.7. The number of carboxylic acid groups (broad SMARTS) is 1. The summed E-state index contributed by atoms with van der Waals surface area (Å²) in [7, 11) is 0. The summed E-state index contributed by atoms with van der Waals surface area (Å²) in [5.41, 5.74) is 1.93. The Labute approximate surface area is 130 Å². The number of aliphatic carboxylic acids is 1. The molecule has 22 heavy (non-hydrogen) atoms. The van der Waals surface area contributed by atoms with E-state index in [0.29, 0.717) is 18.1 Å². The lowest BCUT2D eigenvalue weighted by Gasteiger charge is -2.29. The average Bonchev–Trinajstić information content (AvgIpc) is 3.23. The first-order chi connectivity index (χ1) is 10.6. The van der Waals surface area contributed by atoms with Crippen LogP contribution >= 0.6 is 0 Å². The first-order valence-corrected chi connectivity index (χ1v) is 8.05. The second-order valence-electron chi connectivity index (χ2n) is 6.57. The van der Waals surface area contributed by atoms with Crippen LogP contribution in [0.2, 0.25) is 0 Å². The molecule has 4 heteroatoms. The molecule has 1 atom stereocenters. The van der Waals surface area contributed by atoms with Crippen molar-refractivity contribution < 1.29 is 19.4 Å². The molecule has 0 aromatic heterocycles. The van der Waals surface area contributed by atoms with Gasteiger partial charge in [-0.15, -0.1) is 0 Å². The molecule has 1 aromatic rings. The van der Waals surface area contributed by atoms with Gasteiger partial charge in [-0.1, -0.05) is 12.1 Å². The number of esters is 1. The molecule has 118 valence electrons. The molecule has 2 fully saturated rings. The summed E-state index contributed by atoms with van der Waals surface area (Å²) in [5, 5.41) is 9.14. The minimum atomic E-state index is -0.628. The highest BCUT2D eigenvalue weighted by Crippen LogP contribution is 2.63. The Bertz CT molecular complexity index is 567. The third-order valence-electron chi connectivity index (χ3n) is 5.36. The Morgan fingerprint density at radius 3 is 2.36 bits per heavy atom. The summed E-state index contributed by atoms with van der Waals surface area (Å²) in [6.45, 7) is 2.18. The van der Waals surface area contributed by atoms with Crippen LogP contribution in [0.1, 0.15) is 60.9 Å². The molecule has 1 N–H and O–H groups in total. The zero-order valence-corrected chi connectivity index (χ0v) is 12.9. The second kappa shape index (κ2) is 5.75. The predicted octanol–water partition coefficient (Wildman–Crippen LogP) is 3.61. The summed E-state index contributed by atoms with van der Waals surface area (Å²) in [6, 6.07) is 7.68. The summed E-state index contributed by atoms with van der Waals surface area (Å²) >= 11 is 0. The number of benzene rings is 1. The van der Waals surface area contributed by atoms with Gasteiger partial charge in [-0.25, -0.2) is 4.79 Å². The van der Waals surface area contributed by atoms with Gasteiger partial charge in [0.25, 0.3) is 0 Å². The molecule has 2 aliphatic rings. The number of carboxylic acids is 1. The fourth-order valence-corrected chi connectivity index (χ4v) is 3.88.